The van der Waals surface area contributed by atoms with Gasteiger partial charge in [-0.05, 0) is 87.4 Å². The minimum absolute atomic E-state index is 0.308. The molecule has 3 aromatic rings. The molecule has 7 nitrogen and oxygen atoms in total. The van der Waals surface area contributed by atoms with Gasteiger partial charge in [0.15, 0.2) is 5.82 Å². The van der Waals surface area contributed by atoms with Crippen LogP contribution in [0.2, 0.25) is 0 Å². The van der Waals surface area contributed by atoms with E-state index < -0.39 is 0 Å². The van der Waals surface area contributed by atoms with Crippen LogP contribution in [0.5, 0.6) is 0 Å². The Hall–Kier alpha value is -2.93. The Morgan fingerprint density at radius 2 is 1.70 bits per heavy atom. The van der Waals surface area contributed by atoms with E-state index in [4.69, 9.17) is 5.73 Å². The number of nitrogens with zero attached hydrogens (tertiary/aromatic N) is 5. The first-order chi connectivity index (χ1) is 14.8. The van der Waals surface area contributed by atoms with Gasteiger partial charge in [0.05, 0.1) is 0 Å². The minimum atomic E-state index is 0.308. The lowest BCUT2D eigenvalue weighted by molar-refractivity contribution is 0.182. The number of benzene rings is 1. The number of hydrogen-bond donors (Lipinski definition) is 2. The number of aromatic nitrogens is 4. The first-order valence-electron chi connectivity index (χ1n) is 11.0. The molecule has 30 heavy (non-hydrogen) atoms. The zero-order valence-electron chi connectivity index (χ0n) is 17.2. The van der Waals surface area contributed by atoms with Crippen LogP contribution in [0, 0.1) is 0 Å². The SMILES string of the molecule is Nc1nc(Nc2ccc([C@H]3CC[C@H](N4CCCC4)CC3)cc2)nn1-c1ccccn1. The zero-order chi connectivity index (χ0) is 20.3. The van der Waals surface area contributed by atoms with E-state index in [1.807, 2.05) is 18.2 Å². The number of nitrogen functional groups attached to an aromatic ring is 1. The van der Waals surface area contributed by atoms with E-state index in [0.29, 0.717) is 23.6 Å². The van der Waals surface area contributed by atoms with Crippen molar-refractivity contribution in [3.8, 4) is 5.82 Å². The van der Waals surface area contributed by atoms with Gasteiger partial charge in [-0.3, -0.25) is 0 Å². The van der Waals surface area contributed by atoms with Crippen LogP contribution in [0.25, 0.3) is 5.82 Å². The van der Waals surface area contributed by atoms with Gasteiger partial charge in [-0.25, -0.2) is 4.98 Å². The largest absolute Gasteiger partial charge is 0.368 e. The quantitative estimate of drug-likeness (QED) is 0.667. The average Bonchev–Trinajstić information content (AvgIpc) is 3.45. The lowest BCUT2D eigenvalue weighted by Crippen LogP contribution is -2.35. The Kier molecular flexibility index (Phi) is 5.36. The van der Waals surface area contributed by atoms with Crippen molar-refractivity contribution >= 4 is 17.6 Å². The fourth-order valence-corrected chi connectivity index (χ4v) is 4.87. The van der Waals surface area contributed by atoms with E-state index in [1.54, 1.807) is 6.20 Å². The molecule has 2 aromatic heterocycles. The molecule has 0 atom stereocenters. The molecular weight excluding hydrogens is 374 g/mol. The predicted molar refractivity (Wildman–Crippen MR) is 119 cm³/mol. The lowest BCUT2D eigenvalue weighted by Gasteiger charge is -2.34. The van der Waals surface area contributed by atoms with E-state index in [-0.39, 0.29) is 0 Å². The fraction of sp³-hybridized carbons (Fsp3) is 0.435. The molecule has 1 aliphatic carbocycles. The Labute approximate surface area is 177 Å². The molecule has 0 unspecified atom stereocenters. The van der Waals surface area contributed by atoms with Gasteiger partial charge in [0.25, 0.3) is 0 Å². The predicted octanol–water partition coefficient (Wildman–Crippen LogP) is 4.11. The van der Waals surface area contributed by atoms with Crippen LogP contribution in [-0.4, -0.2) is 43.8 Å². The number of anilines is 3. The molecule has 156 valence electrons. The second kappa shape index (κ2) is 8.44. The zero-order valence-corrected chi connectivity index (χ0v) is 17.2. The topological polar surface area (TPSA) is 84.9 Å². The van der Waals surface area contributed by atoms with Crippen LogP contribution < -0.4 is 11.1 Å². The van der Waals surface area contributed by atoms with Crippen LogP contribution >= 0.6 is 0 Å². The van der Waals surface area contributed by atoms with Crippen LogP contribution in [0.3, 0.4) is 0 Å². The van der Waals surface area contributed by atoms with Gasteiger partial charge in [-0.2, -0.15) is 9.67 Å². The average molecular weight is 404 g/mol. The summed E-state index contributed by atoms with van der Waals surface area (Å²) >= 11 is 0. The van der Waals surface area contributed by atoms with E-state index in [9.17, 15) is 0 Å². The van der Waals surface area contributed by atoms with Crippen molar-refractivity contribution in [2.24, 2.45) is 0 Å². The Morgan fingerprint density at radius 1 is 0.933 bits per heavy atom. The molecule has 7 heteroatoms. The molecule has 2 fully saturated rings. The van der Waals surface area contributed by atoms with Gasteiger partial charge < -0.3 is 16.0 Å². The molecule has 0 bridgehead atoms. The third kappa shape index (κ3) is 4.03. The van der Waals surface area contributed by atoms with E-state index in [2.05, 4.69) is 49.5 Å². The molecular formula is C23H29N7. The van der Waals surface area contributed by atoms with Crippen LogP contribution in [0.15, 0.2) is 48.7 Å². The second-order valence-electron chi connectivity index (χ2n) is 8.39. The number of pyridine rings is 1. The van der Waals surface area contributed by atoms with Crippen molar-refractivity contribution < 1.29 is 0 Å². The number of hydrogen-bond acceptors (Lipinski definition) is 6. The van der Waals surface area contributed by atoms with E-state index >= 15 is 0 Å². The van der Waals surface area contributed by atoms with Crippen LogP contribution in [0.4, 0.5) is 17.6 Å². The summed E-state index contributed by atoms with van der Waals surface area (Å²) in [5, 5.41) is 7.69. The summed E-state index contributed by atoms with van der Waals surface area (Å²) in [5.74, 6) is 2.10. The maximum Gasteiger partial charge on any atom is 0.248 e. The molecule has 3 heterocycles. The normalized spacial score (nSPS) is 22.3. The molecule has 2 aliphatic rings. The molecule has 3 N–H and O–H groups in total. The third-order valence-corrected chi connectivity index (χ3v) is 6.49. The highest BCUT2D eigenvalue weighted by molar-refractivity contribution is 5.55. The van der Waals surface area contributed by atoms with Gasteiger partial charge in [0.2, 0.25) is 11.9 Å². The van der Waals surface area contributed by atoms with Crippen molar-refractivity contribution in [2.75, 3.05) is 24.1 Å². The van der Waals surface area contributed by atoms with Crippen LogP contribution in [-0.2, 0) is 0 Å². The minimum Gasteiger partial charge on any atom is -0.368 e. The number of likely N-dealkylation sites (tertiary alicyclic amines) is 1. The Morgan fingerprint density at radius 3 is 2.40 bits per heavy atom. The van der Waals surface area contributed by atoms with Gasteiger partial charge in [-0.15, -0.1) is 5.10 Å². The molecule has 1 aromatic carbocycles. The third-order valence-electron chi connectivity index (χ3n) is 6.49. The van der Waals surface area contributed by atoms with E-state index in [0.717, 1.165) is 11.7 Å². The molecule has 1 saturated carbocycles. The van der Waals surface area contributed by atoms with Crippen molar-refractivity contribution in [1.29, 1.82) is 0 Å². The number of nitrogens with one attached hydrogen (secondary N) is 1. The maximum absolute atomic E-state index is 6.01. The highest BCUT2D eigenvalue weighted by Gasteiger charge is 2.28. The van der Waals surface area contributed by atoms with Crippen molar-refractivity contribution in [3.63, 3.8) is 0 Å². The number of nitrogens with two attached hydrogens (primary N) is 1. The van der Waals surface area contributed by atoms with Gasteiger partial charge in [-0.1, -0.05) is 18.2 Å². The van der Waals surface area contributed by atoms with Crippen molar-refractivity contribution in [2.45, 2.75) is 50.5 Å². The first kappa shape index (κ1) is 19.1. The summed E-state index contributed by atoms with van der Waals surface area (Å²) in [6.45, 7) is 2.62. The van der Waals surface area contributed by atoms with E-state index in [1.165, 1.54) is 61.9 Å². The monoisotopic (exact) mass is 403 g/mol. The van der Waals surface area contributed by atoms with Gasteiger partial charge in [0, 0.05) is 17.9 Å². The van der Waals surface area contributed by atoms with Crippen LogP contribution in [0.1, 0.15) is 50.0 Å². The van der Waals surface area contributed by atoms with Gasteiger partial charge >= 0.3 is 0 Å². The summed E-state index contributed by atoms with van der Waals surface area (Å²) < 4.78 is 1.54. The smallest absolute Gasteiger partial charge is 0.248 e. The summed E-state index contributed by atoms with van der Waals surface area (Å²) in [6.07, 6.45) is 9.73. The highest BCUT2D eigenvalue weighted by Crippen LogP contribution is 2.36. The molecule has 0 amide bonds. The second-order valence-corrected chi connectivity index (χ2v) is 8.39. The summed E-state index contributed by atoms with van der Waals surface area (Å²) in [5.41, 5.74) is 8.41. The highest BCUT2D eigenvalue weighted by atomic mass is 15.4. The van der Waals surface area contributed by atoms with Gasteiger partial charge in [0.1, 0.15) is 0 Å². The van der Waals surface area contributed by atoms with Crippen molar-refractivity contribution in [1.82, 2.24) is 24.6 Å². The molecule has 1 saturated heterocycles. The summed E-state index contributed by atoms with van der Waals surface area (Å²) in [6, 6.07) is 15.1. The Bertz CT molecular complexity index is 953. The molecule has 1 aliphatic heterocycles. The summed E-state index contributed by atoms with van der Waals surface area (Å²) in [7, 11) is 0. The lowest BCUT2D eigenvalue weighted by atomic mass is 9.81. The number of rotatable bonds is 5. The Balaban J connectivity index is 1.21. The fourth-order valence-electron chi connectivity index (χ4n) is 4.87. The first-order valence-corrected chi connectivity index (χ1v) is 11.0. The van der Waals surface area contributed by atoms with Crippen molar-refractivity contribution in [3.05, 3.63) is 54.2 Å². The standard InChI is InChI=1S/C23H29N7/c24-22-27-23(28-30(22)21-5-1-2-14-25-21)26-19-10-6-17(7-11-19)18-8-12-20(13-9-18)29-15-3-4-16-29/h1-2,5-7,10-11,14,18,20H,3-4,8-9,12-13,15-16H2,(H3,24,26,27,28)/t18-,20-. The summed E-state index contributed by atoms with van der Waals surface area (Å²) in [4.78, 5) is 11.3. The molecule has 0 spiro atoms. The molecule has 0 radical (unpaired) electrons. The maximum atomic E-state index is 6.01. The molecule has 5 rings (SSSR count).